The number of rotatable bonds is 5. The lowest BCUT2D eigenvalue weighted by molar-refractivity contribution is 0.578. The van der Waals surface area contributed by atoms with E-state index in [1.165, 1.54) is 0 Å². The number of nitrogens with one attached hydrogen (secondary N) is 1. The minimum absolute atomic E-state index is 0.463. The van der Waals surface area contributed by atoms with E-state index in [2.05, 4.69) is 54.6 Å². The van der Waals surface area contributed by atoms with Crippen molar-refractivity contribution in [2.75, 3.05) is 0 Å². The van der Waals surface area contributed by atoms with Gasteiger partial charge in [-0.05, 0) is 18.2 Å². The van der Waals surface area contributed by atoms with Crippen molar-refractivity contribution in [1.82, 2.24) is 20.1 Å². The van der Waals surface area contributed by atoms with Crippen LogP contribution in [-0.2, 0) is 13.1 Å². The van der Waals surface area contributed by atoms with Crippen molar-refractivity contribution < 1.29 is 0 Å². The summed E-state index contributed by atoms with van der Waals surface area (Å²) in [5.74, 6) is 0. The summed E-state index contributed by atoms with van der Waals surface area (Å²) in [5, 5.41) is 9.01. The molecule has 2 heterocycles. The van der Waals surface area contributed by atoms with Gasteiger partial charge in [-0.3, -0.25) is 9.67 Å². The van der Waals surface area contributed by atoms with Crippen molar-refractivity contribution >= 4 is 10.9 Å². The highest BCUT2D eigenvalue weighted by Crippen LogP contribution is 2.14. The highest BCUT2D eigenvalue weighted by atomic mass is 15.3. The van der Waals surface area contributed by atoms with E-state index < -0.39 is 0 Å². The van der Waals surface area contributed by atoms with Crippen molar-refractivity contribution in [2.24, 2.45) is 0 Å². The molecule has 0 bridgehead atoms. The number of nitrogens with zero attached hydrogens (tertiary/aromatic N) is 3. The van der Waals surface area contributed by atoms with E-state index in [4.69, 9.17) is 4.98 Å². The first-order valence-corrected chi connectivity index (χ1v) is 7.31. The number of para-hydroxylation sites is 1. The van der Waals surface area contributed by atoms with Crippen molar-refractivity contribution in [2.45, 2.75) is 33.0 Å². The highest BCUT2D eigenvalue weighted by Gasteiger charge is 2.04. The van der Waals surface area contributed by atoms with Gasteiger partial charge in [0.05, 0.1) is 29.6 Å². The maximum atomic E-state index is 4.70. The Morgan fingerprint density at radius 3 is 2.71 bits per heavy atom. The van der Waals surface area contributed by atoms with Crippen molar-refractivity contribution in [1.29, 1.82) is 0 Å². The minimum atomic E-state index is 0.463. The van der Waals surface area contributed by atoms with Gasteiger partial charge >= 0.3 is 0 Å². The summed E-state index contributed by atoms with van der Waals surface area (Å²) in [5.41, 5.74) is 3.24. The average molecular weight is 280 g/mol. The number of benzene rings is 1. The van der Waals surface area contributed by atoms with E-state index in [-0.39, 0.29) is 0 Å². The van der Waals surface area contributed by atoms with Crippen molar-refractivity contribution in [3.63, 3.8) is 0 Å². The standard InChI is InChI=1S/C17H20N4/c1-13(2)18-11-15-7-5-8-16(20-15)12-21-17-9-4-3-6-14(17)10-19-21/h3-10,13,18H,11-12H2,1-2H3. The lowest BCUT2D eigenvalue weighted by Gasteiger charge is -2.09. The summed E-state index contributed by atoms with van der Waals surface area (Å²) in [4.78, 5) is 4.70. The van der Waals surface area contributed by atoms with E-state index >= 15 is 0 Å². The number of aromatic nitrogens is 3. The predicted molar refractivity (Wildman–Crippen MR) is 85.0 cm³/mol. The Kier molecular flexibility index (Phi) is 3.97. The first kappa shape index (κ1) is 13.8. The molecule has 1 N–H and O–H groups in total. The number of fused-ring (bicyclic) bond motifs is 1. The fourth-order valence-electron chi connectivity index (χ4n) is 2.33. The van der Waals surface area contributed by atoms with Gasteiger partial charge in [0, 0.05) is 18.0 Å². The largest absolute Gasteiger partial charge is 0.309 e. The molecule has 0 radical (unpaired) electrons. The quantitative estimate of drug-likeness (QED) is 0.781. The molecule has 0 amide bonds. The number of hydrogen-bond donors (Lipinski definition) is 1. The smallest absolute Gasteiger partial charge is 0.0838 e. The predicted octanol–water partition coefficient (Wildman–Crippen LogP) is 2.98. The molecule has 3 rings (SSSR count). The SMILES string of the molecule is CC(C)NCc1cccc(Cn2ncc3ccccc32)n1. The Bertz CT molecular complexity index is 730. The van der Waals surface area contributed by atoms with E-state index in [9.17, 15) is 0 Å². The maximum absolute atomic E-state index is 4.70. The zero-order chi connectivity index (χ0) is 14.7. The van der Waals surface area contributed by atoms with Gasteiger partial charge in [0.15, 0.2) is 0 Å². The van der Waals surface area contributed by atoms with E-state index in [1.54, 1.807) is 0 Å². The molecule has 108 valence electrons. The lowest BCUT2D eigenvalue weighted by atomic mass is 10.2. The number of hydrogen-bond acceptors (Lipinski definition) is 3. The molecule has 1 aromatic carbocycles. The Hall–Kier alpha value is -2.20. The van der Waals surface area contributed by atoms with Crippen LogP contribution in [0.1, 0.15) is 25.2 Å². The molecule has 21 heavy (non-hydrogen) atoms. The normalized spacial score (nSPS) is 11.4. The molecule has 0 unspecified atom stereocenters. The summed E-state index contributed by atoms with van der Waals surface area (Å²) in [6.45, 7) is 5.77. The fourth-order valence-corrected chi connectivity index (χ4v) is 2.33. The third kappa shape index (κ3) is 3.28. The number of pyridine rings is 1. The summed E-state index contributed by atoms with van der Waals surface area (Å²) >= 11 is 0. The molecule has 4 nitrogen and oxygen atoms in total. The van der Waals surface area contributed by atoms with Crippen LogP contribution in [0.25, 0.3) is 10.9 Å². The van der Waals surface area contributed by atoms with Gasteiger partial charge in [0.2, 0.25) is 0 Å². The molecular weight excluding hydrogens is 260 g/mol. The first-order valence-electron chi connectivity index (χ1n) is 7.31. The third-order valence-corrected chi connectivity index (χ3v) is 3.42. The molecule has 2 aromatic heterocycles. The Balaban J connectivity index is 1.80. The van der Waals surface area contributed by atoms with Crippen LogP contribution >= 0.6 is 0 Å². The molecule has 0 aliphatic carbocycles. The summed E-state index contributed by atoms with van der Waals surface area (Å²) in [6.07, 6.45) is 1.90. The second-order valence-electron chi connectivity index (χ2n) is 5.52. The molecule has 0 spiro atoms. The fraction of sp³-hybridized carbons (Fsp3) is 0.294. The van der Waals surface area contributed by atoms with Crippen LogP contribution < -0.4 is 5.32 Å². The maximum Gasteiger partial charge on any atom is 0.0838 e. The van der Waals surface area contributed by atoms with Gasteiger partial charge in [-0.2, -0.15) is 5.10 Å². The topological polar surface area (TPSA) is 42.7 Å². The molecule has 0 aliphatic rings. The van der Waals surface area contributed by atoms with Crippen molar-refractivity contribution in [3.05, 3.63) is 60.0 Å². The molecule has 0 aliphatic heterocycles. The zero-order valence-corrected chi connectivity index (χ0v) is 12.5. The second-order valence-corrected chi connectivity index (χ2v) is 5.52. The van der Waals surface area contributed by atoms with Gasteiger partial charge in [0.1, 0.15) is 0 Å². The minimum Gasteiger partial charge on any atom is -0.309 e. The molecule has 4 heteroatoms. The third-order valence-electron chi connectivity index (χ3n) is 3.42. The summed E-state index contributed by atoms with van der Waals surface area (Å²) < 4.78 is 2.00. The Morgan fingerprint density at radius 1 is 1.05 bits per heavy atom. The van der Waals surface area contributed by atoms with Crippen LogP contribution in [0.4, 0.5) is 0 Å². The van der Waals surface area contributed by atoms with Gasteiger partial charge in [-0.25, -0.2) is 0 Å². The molecule has 0 atom stereocenters. The van der Waals surface area contributed by atoms with Crippen molar-refractivity contribution in [3.8, 4) is 0 Å². The Morgan fingerprint density at radius 2 is 1.86 bits per heavy atom. The molecule has 3 aromatic rings. The van der Waals surface area contributed by atoms with E-state index in [1.807, 2.05) is 23.0 Å². The molecule has 0 saturated carbocycles. The van der Waals surface area contributed by atoms with Gasteiger partial charge in [0.25, 0.3) is 0 Å². The monoisotopic (exact) mass is 280 g/mol. The molecule has 0 saturated heterocycles. The molecular formula is C17H20N4. The van der Waals surface area contributed by atoms with Crippen LogP contribution in [0.15, 0.2) is 48.7 Å². The van der Waals surface area contributed by atoms with Gasteiger partial charge < -0.3 is 5.32 Å². The van der Waals surface area contributed by atoms with E-state index in [0.717, 1.165) is 28.8 Å². The van der Waals surface area contributed by atoms with Crippen LogP contribution in [0.5, 0.6) is 0 Å². The van der Waals surface area contributed by atoms with Crippen LogP contribution in [-0.4, -0.2) is 20.8 Å². The average Bonchev–Trinajstić information content (AvgIpc) is 2.89. The van der Waals surface area contributed by atoms with Gasteiger partial charge in [-0.1, -0.05) is 38.1 Å². The summed E-state index contributed by atoms with van der Waals surface area (Å²) in [7, 11) is 0. The molecule has 0 fully saturated rings. The van der Waals surface area contributed by atoms with E-state index in [0.29, 0.717) is 12.6 Å². The van der Waals surface area contributed by atoms with Gasteiger partial charge in [-0.15, -0.1) is 0 Å². The highest BCUT2D eigenvalue weighted by molar-refractivity contribution is 5.78. The Labute approximate surface area is 124 Å². The second kappa shape index (κ2) is 6.06. The van der Waals surface area contributed by atoms with Crippen LogP contribution in [0, 0.1) is 0 Å². The summed E-state index contributed by atoms with van der Waals surface area (Å²) in [6, 6.07) is 14.9. The first-order chi connectivity index (χ1) is 10.2. The van der Waals surface area contributed by atoms with Crippen LogP contribution in [0.2, 0.25) is 0 Å². The zero-order valence-electron chi connectivity index (χ0n) is 12.5. The van der Waals surface area contributed by atoms with Crippen LogP contribution in [0.3, 0.4) is 0 Å². The lowest BCUT2D eigenvalue weighted by Crippen LogP contribution is -2.22.